The molecule has 2 amide bonds. The largest absolute Gasteiger partial charge is 0.416 e. The van der Waals surface area contributed by atoms with Gasteiger partial charge in [-0.1, -0.05) is 11.6 Å². The minimum atomic E-state index is -4.45. The summed E-state index contributed by atoms with van der Waals surface area (Å²) in [6.07, 6.45) is -4.45. The number of alkyl halides is 3. The summed E-state index contributed by atoms with van der Waals surface area (Å²) in [7, 11) is 1.65. The lowest BCUT2D eigenvalue weighted by Crippen LogP contribution is -2.50. The van der Waals surface area contributed by atoms with E-state index in [4.69, 9.17) is 11.6 Å². The number of benzene rings is 1. The molecule has 1 aliphatic heterocycles. The Bertz CT molecular complexity index is 901. The average molecular weight is 415 g/mol. The number of aromatic nitrogens is 2. The zero-order valence-corrected chi connectivity index (χ0v) is 16.0. The van der Waals surface area contributed by atoms with E-state index in [0.29, 0.717) is 24.3 Å². The zero-order chi connectivity index (χ0) is 20.6. The molecule has 3 rings (SSSR count). The summed E-state index contributed by atoms with van der Waals surface area (Å²) in [6.45, 7) is 2.86. The molecule has 2 heterocycles. The van der Waals surface area contributed by atoms with Gasteiger partial charge in [-0.2, -0.15) is 18.3 Å². The van der Waals surface area contributed by atoms with E-state index < -0.39 is 11.7 Å². The Balaban J connectivity index is 1.65. The van der Waals surface area contributed by atoms with Crippen molar-refractivity contribution in [2.75, 3.05) is 26.2 Å². The number of hydrogen-bond acceptors (Lipinski definition) is 3. The predicted octanol–water partition coefficient (Wildman–Crippen LogP) is 3.00. The molecule has 0 spiro atoms. The third-order valence-corrected chi connectivity index (χ3v) is 5.11. The van der Waals surface area contributed by atoms with Gasteiger partial charge in [-0.3, -0.25) is 14.3 Å². The van der Waals surface area contributed by atoms with Crippen LogP contribution in [0.2, 0.25) is 5.15 Å². The van der Waals surface area contributed by atoms with Gasteiger partial charge in [-0.05, 0) is 31.2 Å². The molecule has 2 aromatic rings. The third-order valence-electron chi connectivity index (χ3n) is 4.68. The number of piperazine rings is 1. The maximum Gasteiger partial charge on any atom is 0.416 e. The Kier molecular flexibility index (Phi) is 5.38. The molecular weight excluding hydrogens is 397 g/mol. The Morgan fingerprint density at radius 2 is 1.50 bits per heavy atom. The molecule has 0 saturated carbocycles. The monoisotopic (exact) mass is 414 g/mol. The maximum absolute atomic E-state index is 12.7. The van der Waals surface area contributed by atoms with E-state index in [1.54, 1.807) is 18.9 Å². The molecule has 0 radical (unpaired) electrons. The topological polar surface area (TPSA) is 58.4 Å². The molecule has 0 atom stereocenters. The Morgan fingerprint density at radius 3 is 1.93 bits per heavy atom. The van der Waals surface area contributed by atoms with E-state index in [9.17, 15) is 22.8 Å². The van der Waals surface area contributed by atoms with Crippen LogP contribution in [0.5, 0.6) is 0 Å². The second kappa shape index (κ2) is 7.46. The first kappa shape index (κ1) is 20.2. The van der Waals surface area contributed by atoms with Crippen LogP contribution >= 0.6 is 11.6 Å². The van der Waals surface area contributed by atoms with Crippen LogP contribution in [0.25, 0.3) is 0 Å². The third kappa shape index (κ3) is 3.84. The zero-order valence-electron chi connectivity index (χ0n) is 15.3. The number of hydrogen-bond donors (Lipinski definition) is 0. The lowest BCUT2D eigenvalue weighted by Gasteiger charge is -2.34. The summed E-state index contributed by atoms with van der Waals surface area (Å²) < 4.78 is 39.4. The summed E-state index contributed by atoms with van der Waals surface area (Å²) >= 11 is 6.14. The Labute approximate surface area is 164 Å². The second-order valence-electron chi connectivity index (χ2n) is 6.53. The van der Waals surface area contributed by atoms with Crippen molar-refractivity contribution in [1.82, 2.24) is 19.6 Å². The highest BCUT2D eigenvalue weighted by atomic mass is 35.5. The van der Waals surface area contributed by atoms with Crippen LogP contribution < -0.4 is 0 Å². The Hall–Kier alpha value is -2.55. The first-order valence-electron chi connectivity index (χ1n) is 8.54. The van der Waals surface area contributed by atoms with Crippen molar-refractivity contribution in [3.63, 3.8) is 0 Å². The molecule has 1 aliphatic rings. The summed E-state index contributed by atoms with van der Waals surface area (Å²) in [5.74, 6) is -0.617. The number of amides is 2. The molecule has 0 aliphatic carbocycles. The van der Waals surface area contributed by atoms with Crippen molar-refractivity contribution >= 4 is 23.4 Å². The highest BCUT2D eigenvalue weighted by molar-refractivity contribution is 6.33. The molecule has 10 heteroatoms. The fourth-order valence-corrected chi connectivity index (χ4v) is 3.38. The number of halogens is 4. The highest BCUT2D eigenvalue weighted by Gasteiger charge is 2.31. The smallest absolute Gasteiger partial charge is 0.335 e. The summed E-state index contributed by atoms with van der Waals surface area (Å²) in [4.78, 5) is 28.3. The van der Waals surface area contributed by atoms with E-state index in [1.807, 2.05) is 0 Å². The summed E-state index contributed by atoms with van der Waals surface area (Å²) in [6, 6.07) is 4.11. The van der Waals surface area contributed by atoms with Gasteiger partial charge in [0.1, 0.15) is 5.15 Å². The number of nitrogens with zero attached hydrogens (tertiary/aromatic N) is 4. The van der Waals surface area contributed by atoms with Crippen LogP contribution in [-0.4, -0.2) is 57.6 Å². The number of aryl methyl sites for hydroxylation is 2. The van der Waals surface area contributed by atoms with Crippen LogP contribution in [0, 0.1) is 6.92 Å². The maximum atomic E-state index is 12.7. The lowest BCUT2D eigenvalue weighted by molar-refractivity contribution is -0.137. The van der Waals surface area contributed by atoms with Gasteiger partial charge in [0.2, 0.25) is 0 Å². The molecule has 150 valence electrons. The summed E-state index contributed by atoms with van der Waals surface area (Å²) in [5, 5.41) is 4.38. The first-order valence-corrected chi connectivity index (χ1v) is 8.92. The fourth-order valence-electron chi connectivity index (χ4n) is 3.13. The molecule has 1 saturated heterocycles. The van der Waals surface area contributed by atoms with Gasteiger partial charge in [0, 0.05) is 38.8 Å². The average Bonchev–Trinajstić information content (AvgIpc) is 2.92. The van der Waals surface area contributed by atoms with E-state index >= 15 is 0 Å². The molecule has 6 nitrogen and oxygen atoms in total. The minimum absolute atomic E-state index is 0.180. The normalized spacial score (nSPS) is 15.1. The van der Waals surface area contributed by atoms with Crippen molar-refractivity contribution < 1.29 is 22.8 Å². The molecule has 0 N–H and O–H groups in total. The van der Waals surface area contributed by atoms with Gasteiger partial charge in [0.25, 0.3) is 11.8 Å². The molecule has 1 aromatic carbocycles. The molecule has 1 aromatic heterocycles. The van der Waals surface area contributed by atoms with Gasteiger partial charge in [0.15, 0.2) is 0 Å². The van der Waals surface area contributed by atoms with Gasteiger partial charge in [0.05, 0.1) is 16.8 Å². The number of carbonyl (C=O) groups excluding carboxylic acids is 2. The lowest BCUT2D eigenvalue weighted by atomic mass is 10.1. The molecule has 28 heavy (non-hydrogen) atoms. The van der Waals surface area contributed by atoms with Crippen LogP contribution in [0.1, 0.15) is 32.0 Å². The van der Waals surface area contributed by atoms with Gasteiger partial charge in [-0.15, -0.1) is 0 Å². The number of carbonyl (C=O) groups is 2. The quantitative estimate of drug-likeness (QED) is 0.759. The van der Waals surface area contributed by atoms with E-state index in [1.165, 1.54) is 21.7 Å². The van der Waals surface area contributed by atoms with Gasteiger partial charge < -0.3 is 9.80 Å². The number of rotatable bonds is 2. The molecule has 0 bridgehead atoms. The predicted molar refractivity (Wildman–Crippen MR) is 96.2 cm³/mol. The van der Waals surface area contributed by atoms with E-state index in [-0.39, 0.29) is 35.6 Å². The van der Waals surface area contributed by atoms with E-state index in [2.05, 4.69) is 5.10 Å². The van der Waals surface area contributed by atoms with Crippen molar-refractivity contribution in [3.8, 4) is 0 Å². The molecule has 1 fully saturated rings. The first-order chi connectivity index (χ1) is 13.1. The van der Waals surface area contributed by atoms with Crippen molar-refractivity contribution in [2.24, 2.45) is 7.05 Å². The van der Waals surface area contributed by atoms with Gasteiger partial charge in [-0.25, -0.2) is 0 Å². The fraction of sp³-hybridized carbons (Fsp3) is 0.389. The SMILES string of the molecule is Cc1nn(C)c(Cl)c1C(=O)N1CCN(C(=O)c2ccc(C(F)(F)F)cc2)CC1. The van der Waals surface area contributed by atoms with Crippen molar-refractivity contribution in [1.29, 1.82) is 0 Å². The highest BCUT2D eigenvalue weighted by Crippen LogP contribution is 2.29. The minimum Gasteiger partial charge on any atom is -0.335 e. The molecular formula is C18H18ClF3N4O2. The van der Waals surface area contributed by atoms with Crippen molar-refractivity contribution in [3.05, 3.63) is 51.8 Å². The van der Waals surface area contributed by atoms with Crippen LogP contribution in [-0.2, 0) is 13.2 Å². The molecule has 0 unspecified atom stereocenters. The van der Waals surface area contributed by atoms with Gasteiger partial charge >= 0.3 is 6.18 Å². The Morgan fingerprint density at radius 1 is 1.00 bits per heavy atom. The summed E-state index contributed by atoms with van der Waals surface area (Å²) in [5.41, 5.74) is 0.245. The standard InChI is InChI=1S/C18H18ClF3N4O2/c1-11-14(15(19)24(2)23-11)17(28)26-9-7-25(8-10-26)16(27)12-3-5-13(6-4-12)18(20,21)22/h3-6H,7-10H2,1-2H3. The van der Waals surface area contributed by atoms with Crippen molar-refractivity contribution in [2.45, 2.75) is 13.1 Å². The van der Waals surface area contributed by atoms with Crippen LogP contribution in [0.4, 0.5) is 13.2 Å². The van der Waals surface area contributed by atoms with E-state index in [0.717, 1.165) is 12.1 Å². The van der Waals surface area contributed by atoms with Crippen LogP contribution in [0.3, 0.4) is 0 Å². The van der Waals surface area contributed by atoms with Crippen LogP contribution in [0.15, 0.2) is 24.3 Å². The second-order valence-corrected chi connectivity index (χ2v) is 6.89.